The van der Waals surface area contributed by atoms with Gasteiger partial charge in [0.25, 0.3) is 11.6 Å². The van der Waals surface area contributed by atoms with Crippen molar-refractivity contribution in [2.75, 3.05) is 11.9 Å². The number of anilines is 1. The van der Waals surface area contributed by atoms with E-state index in [9.17, 15) is 19.7 Å². The predicted molar refractivity (Wildman–Crippen MR) is 110 cm³/mol. The summed E-state index contributed by atoms with van der Waals surface area (Å²) in [6, 6.07) is 19.2. The van der Waals surface area contributed by atoms with Crippen molar-refractivity contribution < 1.29 is 24.0 Å². The van der Waals surface area contributed by atoms with Crippen LogP contribution in [0.3, 0.4) is 0 Å². The molecule has 0 aliphatic rings. The van der Waals surface area contributed by atoms with Crippen LogP contribution in [0.1, 0.15) is 10.4 Å². The van der Waals surface area contributed by atoms with Gasteiger partial charge in [0.15, 0.2) is 6.61 Å². The van der Waals surface area contributed by atoms with Crippen LogP contribution >= 0.6 is 11.6 Å². The van der Waals surface area contributed by atoms with E-state index in [-0.39, 0.29) is 16.3 Å². The highest BCUT2D eigenvalue weighted by molar-refractivity contribution is 6.33. The molecule has 0 atom stereocenters. The fourth-order valence-electron chi connectivity index (χ4n) is 2.42. The van der Waals surface area contributed by atoms with Crippen LogP contribution in [0.25, 0.3) is 0 Å². The molecule has 0 aromatic heterocycles. The van der Waals surface area contributed by atoms with E-state index in [1.807, 2.05) is 30.3 Å². The number of esters is 1. The number of hydrogen-bond donors (Lipinski definition) is 1. The Labute approximate surface area is 176 Å². The molecule has 0 bridgehead atoms. The zero-order valence-corrected chi connectivity index (χ0v) is 16.2. The quantitative estimate of drug-likeness (QED) is 0.329. The first-order valence-corrected chi connectivity index (χ1v) is 9.04. The molecule has 0 saturated carbocycles. The lowest BCUT2D eigenvalue weighted by Gasteiger charge is -2.09. The molecule has 3 rings (SSSR count). The maximum atomic E-state index is 12.1. The van der Waals surface area contributed by atoms with Crippen molar-refractivity contribution in [2.45, 2.75) is 0 Å². The SMILES string of the molecule is O=C(COC(=O)c1cc([N+](=O)[O-])ccc1Cl)Nc1ccc(Oc2ccccc2)cc1. The molecule has 3 aromatic rings. The monoisotopic (exact) mass is 426 g/mol. The predicted octanol–water partition coefficient (Wildman–Crippen LogP) is 4.84. The van der Waals surface area contributed by atoms with Gasteiger partial charge in [-0.2, -0.15) is 0 Å². The fourth-order valence-corrected chi connectivity index (χ4v) is 2.61. The maximum absolute atomic E-state index is 12.1. The molecule has 1 amide bonds. The number of benzene rings is 3. The Kier molecular flexibility index (Phi) is 6.61. The van der Waals surface area contributed by atoms with E-state index in [1.54, 1.807) is 24.3 Å². The number of nitro groups is 1. The van der Waals surface area contributed by atoms with E-state index in [2.05, 4.69) is 5.32 Å². The Hall–Kier alpha value is -3.91. The van der Waals surface area contributed by atoms with Gasteiger partial charge in [-0.05, 0) is 42.5 Å². The normalized spacial score (nSPS) is 10.2. The molecule has 1 N–H and O–H groups in total. The second-order valence-corrected chi connectivity index (χ2v) is 6.39. The van der Waals surface area contributed by atoms with Gasteiger partial charge in [-0.3, -0.25) is 14.9 Å². The number of carbonyl (C=O) groups excluding carboxylic acids is 2. The molecule has 3 aromatic carbocycles. The van der Waals surface area contributed by atoms with Gasteiger partial charge in [-0.25, -0.2) is 4.79 Å². The molecule has 0 aliphatic heterocycles. The molecule has 8 nitrogen and oxygen atoms in total. The number of nitrogens with one attached hydrogen (secondary N) is 1. The van der Waals surface area contributed by atoms with Crippen molar-refractivity contribution in [1.29, 1.82) is 0 Å². The van der Waals surface area contributed by atoms with Crippen LogP contribution in [-0.2, 0) is 9.53 Å². The van der Waals surface area contributed by atoms with E-state index in [0.717, 1.165) is 12.1 Å². The third kappa shape index (κ3) is 5.55. The van der Waals surface area contributed by atoms with Gasteiger partial charge >= 0.3 is 5.97 Å². The summed E-state index contributed by atoms with van der Waals surface area (Å²) in [4.78, 5) is 34.3. The largest absolute Gasteiger partial charge is 0.457 e. The molecule has 0 aliphatic carbocycles. The van der Waals surface area contributed by atoms with Crippen molar-refractivity contribution in [2.24, 2.45) is 0 Å². The number of para-hydroxylation sites is 1. The smallest absolute Gasteiger partial charge is 0.340 e. The summed E-state index contributed by atoms with van der Waals surface area (Å²) in [6.07, 6.45) is 0. The van der Waals surface area contributed by atoms with E-state index in [0.29, 0.717) is 17.2 Å². The fraction of sp³-hybridized carbons (Fsp3) is 0.0476. The van der Waals surface area contributed by atoms with Crippen molar-refractivity contribution in [3.63, 3.8) is 0 Å². The van der Waals surface area contributed by atoms with Gasteiger partial charge in [0.05, 0.1) is 15.5 Å². The minimum absolute atomic E-state index is 0.0139. The molecule has 0 unspecified atom stereocenters. The minimum atomic E-state index is -0.939. The van der Waals surface area contributed by atoms with Gasteiger partial charge in [0.1, 0.15) is 11.5 Å². The number of ether oxygens (including phenoxy) is 2. The van der Waals surface area contributed by atoms with Gasteiger partial charge in [0.2, 0.25) is 0 Å². The first-order valence-electron chi connectivity index (χ1n) is 8.66. The summed E-state index contributed by atoms with van der Waals surface area (Å²) in [5.41, 5.74) is -0.0282. The van der Waals surface area contributed by atoms with Crippen LogP contribution in [0.4, 0.5) is 11.4 Å². The average Bonchev–Trinajstić information content (AvgIpc) is 2.74. The first-order chi connectivity index (χ1) is 14.4. The number of hydrogen-bond acceptors (Lipinski definition) is 6. The first kappa shape index (κ1) is 20.8. The van der Waals surface area contributed by atoms with Gasteiger partial charge in [-0.1, -0.05) is 29.8 Å². The molecule has 0 radical (unpaired) electrons. The molecular weight excluding hydrogens is 412 g/mol. The van der Waals surface area contributed by atoms with Gasteiger partial charge in [-0.15, -0.1) is 0 Å². The molecule has 0 spiro atoms. The lowest BCUT2D eigenvalue weighted by molar-refractivity contribution is -0.384. The number of nitrogens with zero attached hydrogens (tertiary/aromatic N) is 1. The Morgan fingerprint density at radius 3 is 2.30 bits per heavy atom. The Bertz CT molecular complexity index is 1070. The van der Waals surface area contributed by atoms with Crippen LogP contribution in [0.2, 0.25) is 5.02 Å². The van der Waals surface area contributed by atoms with Gasteiger partial charge < -0.3 is 14.8 Å². The highest BCUT2D eigenvalue weighted by Gasteiger charge is 2.18. The standard InChI is InChI=1S/C21H15ClN2O6/c22-19-11-8-15(24(27)28)12-18(19)21(26)29-13-20(25)23-14-6-9-17(10-7-14)30-16-4-2-1-3-5-16/h1-12H,13H2,(H,23,25). The second-order valence-electron chi connectivity index (χ2n) is 5.99. The second kappa shape index (κ2) is 9.53. The van der Waals surface area contributed by atoms with Crippen molar-refractivity contribution in [3.05, 3.63) is 93.5 Å². The van der Waals surface area contributed by atoms with Crippen molar-refractivity contribution >= 4 is 34.9 Å². The highest BCUT2D eigenvalue weighted by Crippen LogP contribution is 2.24. The molecule has 30 heavy (non-hydrogen) atoms. The maximum Gasteiger partial charge on any atom is 0.340 e. The highest BCUT2D eigenvalue weighted by atomic mass is 35.5. The minimum Gasteiger partial charge on any atom is -0.457 e. The molecule has 0 heterocycles. The van der Waals surface area contributed by atoms with Gasteiger partial charge in [0, 0.05) is 17.8 Å². The van der Waals surface area contributed by atoms with Crippen molar-refractivity contribution in [3.8, 4) is 11.5 Å². The van der Waals surface area contributed by atoms with Crippen LogP contribution in [0, 0.1) is 10.1 Å². The third-order valence-electron chi connectivity index (χ3n) is 3.83. The zero-order chi connectivity index (χ0) is 21.5. The van der Waals surface area contributed by atoms with Crippen LogP contribution in [-0.4, -0.2) is 23.4 Å². The number of non-ortho nitro benzene ring substituents is 1. The third-order valence-corrected chi connectivity index (χ3v) is 4.16. The lowest BCUT2D eigenvalue weighted by atomic mass is 10.2. The Morgan fingerprint density at radius 2 is 1.63 bits per heavy atom. The Morgan fingerprint density at radius 1 is 0.967 bits per heavy atom. The summed E-state index contributed by atoms with van der Waals surface area (Å²) in [6.45, 7) is -0.583. The molecular formula is C21H15ClN2O6. The number of nitro benzene ring substituents is 1. The van der Waals surface area contributed by atoms with E-state index in [4.69, 9.17) is 21.1 Å². The van der Waals surface area contributed by atoms with Crippen LogP contribution in [0.5, 0.6) is 11.5 Å². The summed E-state index contributed by atoms with van der Waals surface area (Å²) in [7, 11) is 0. The van der Waals surface area contributed by atoms with E-state index < -0.39 is 23.4 Å². The average molecular weight is 427 g/mol. The number of rotatable bonds is 7. The molecule has 0 fully saturated rings. The van der Waals surface area contributed by atoms with E-state index >= 15 is 0 Å². The molecule has 0 saturated heterocycles. The summed E-state index contributed by atoms with van der Waals surface area (Å²) in [5.74, 6) is -0.251. The lowest BCUT2D eigenvalue weighted by Crippen LogP contribution is -2.21. The zero-order valence-electron chi connectivity index (χ0n) is 15.4. The molecule has 9 heteroatoms. The van der Waals surface area contributed by atoms with E-state index in [1.165, 1.54) is 6.07 Å². The Balaban J connectivity index is 1.54. The van der Waals surface area contributed by atoms with Crippen LogP contribution in [0.15, 0.2) is 72.8 Å². The summed E-state index contributed by atoms with van der Waals surface area (Å²) in [5, 5.41) is 13.4. The topological polar surface area (TPSA) is 108 Å². The number of carbonyl (C=O) groups is 2. The van der Waals surface area contributed by atoms with Crippen LogP contribution < -0.4 is 10.1 Å². The number of amides is 1. The molecule has 152 valence electrons. The number of halogens is 1. The van der Waals surface area contributed by atoms with Crippen molar-refractivity contribution in [1.82, 2.24) is 0 Å². The summed E-state index contributed by atoms with van der Waals surface area (Å²) >= 11 is 5.88. The summed E-state index contributed by atoms with van der Waals surface area (Å²) < 4.78 is 10.6.